The molecule has 132 valence electrons. The molecule has 2 rings (SSSR count). The van der Waals surface area contributed by atoms with Crippen LogP contribution >= 0.6 is 0 Å². The van der Waals surface area contributed by atoms with Gasteiger partial charge in [-0.2, -0.15) is 0 Å². The number of hydrazine groups is 1. The van der Waals surface area contributed by atoms with Crippen LogP contribution in [0.25, 0.3) is 0 Å². The van der Waals surface area contributed by atoms with Crippen LogP contribution in [0.5, 0.6) is 0 Å². The van der Waals surface area contributed by atoms with E-state index < -0.39 is 11.7 Å². The summed E-state index contributed by atoms with van der Waals surface area (Å²) in [7, 11) is 0. The number of ether oxygens (including phenoxy) is 1. The first-order valence-corrected chi connectivity index (χ1v) is 8.10. The highest BCUT2D eigenvalue weighted by atomic mass is 16.6. The SMILES string of the molecule is CC1CC(C(=O)Nc2cccc(CNC(=O)OC(C)(C)C)c2)NN1. The zero-order chi connectivity index (χ0) is 17.7. The molecule has 7 heteroatoms. The standard InChI is InChI=1S/C17H26N4O3/c1-11-8-14(21-20-11)15(22)19-13-7-5-6-12(9-13)10-18-16(23)24-17(2,3)4/h5-7,9,11,14,20-21H,8,10H2,1-4H3,(H,18,23)(H,19,22). The maximum Gasteiger partial charge on any atom is 0.407 e. The van der Waals surface area contributed by atoms with E-state index in [9.17, 15) is 9.59 Å². The fourth-order valence-corrected chi connectivity index (χ4v) is 2.36. The van der Waals surface area contributed by atoms with Crippen molar-refractivity contribution in [1.82, 2.24) is 16.2 Å². The highest BCUT2D eigenvalue weighted by molar-refractivity contribution is 5.95. The number of hydrogen-bond donors (Lipinski definition) is 4. The molecule has 1 aliphatic heterocycles. The number of carbonyl (C=O) groups is 2. The molecule has 1 aromatic rings. The lowest BCUT2D eigenvalue weighted by Gasteiger charge is -2.19. The number of carbonyl (C=O) groups excluding carboxylic acids is 2. The number of amides is 2. The van der Waals surface area contributed by atoms with Gasteiger partial charge in [-0.1, -0.05) is 12.1 Å². The Kier molecular flexibility index (Phi) is 5.80. The number of anilines is 1. The normalized spacial score (nSPS) is 20.5. The predicted octanol–water partition coefficient (Wildman–Crippen LogP) is 1.90. The smallest absolute Gasteiger partial charge is 0.407 e. The largest absolute Gasteiger partial charge is 0.444 e. The summed E-state index contributed by atoms with van der Waals surface area (Å²) in [5, 5.41) is 5.59. The van der Waals surface area contributed by atoms with Crippen LogP contribution in [0.2, 0.25) is 0 Å². The first kappa shape index (κ1) is 18.2. The van der Waals surface area contributed by atoms with E-state index in [-0.39, 0.29) is 18.0 Å². The first-order valence-electron chi connectivity index (χ1n) is 8.10. The molecule has 0 aliphatic carbocycles. The summed E-state index contributed by atoms with van der Waals surface area (Å²) < 4.78 is 5.20. The fourth-order valence-electron chi connectivity index (χ4n) is 2.36. The lowest BCUT2D eigenvalue weighted by molar-refractivity contribution is -0.117. The van der Waals surface area contributed by atoms with E-state index in [1.807, 2.05) is 52.0 Å². The average molecular weight is 334 g/mol. The van der Waals surface area contributed by atoms with Crippen molar-refractivity contribution in [2.45, 2.75) is 58.3 Å². The zero-order valence-corrected chi connectivity index (χ0v) is 14.6. The molecule has 0 aromatic heterocycles. The highest BCUT2D eigenvalue weighted by Gasteiger charge is 2.26. The number of nitrogens with one attached hydrogen (secondary N) is 4. The van der Waals surface area contributed by atoms with Crippen LogP contribution in [0, 0.1) is 0 Å². The summed E-state index contributed by atoms with van der Waals surface area (Å²) in [5.74, 6) is -0.0795. The molecule has 0 radical (unpaired) electrons. The monoisotopic (exact) mass is 334 g/mol. The van der Waals surface area contributed by atoms with Crippen molar-refractivity contribution >= 4 is 17.7 Å². The second kappa shape index (κ2) is 7.63. The zero-order valence-electron chi connectivity index (χ0n) is 14.6. The third kappa shape index (κ3) is 5.82. The molecule has 4 N–H and O–H groups in total. The van der Waals surface area contributed by atoms with Crippen molar-refractivity contribution in [1.29, 1.82) is 0 Å². The molecule has 1 heterocycles. The van der Waals surface area contributed by atoms with E-state index >= 15 is 0 Å². The van der Waals surface area contributed by atoms with Gasteiger partial charge in [0, 0.05) is 18.3 Å². The van der Waals surface area contributed by atoms with Crippen molar-refractivity contribution in [3.8, 4) is 0 Å². The first-order chi connectivity index (χ1) is 11.2. The Hall–Kier alpha value is -2.12. The summed E-state index contributed by atoms with van der Waals surface area (Å²) in [6.45, 7) is 7.79. The van der Waals surface area contributed by atoms with Gasteiger partial charge in [-0.25, -0.2) is 10.2 Å². The number of benzene rings is 1. The molecule has 0 bridgehead atoms. The van der Waals surface area contributed by atoms with Crippen LogP contribution in [0.4, 0.5) is 10.5 Å². The molecule has 2 amide bonds. The molecule has 7 nitrogen and oxygen atoms in total. The number of hydrogen-bond acceptors (Lipinski definition) is 5. The summed E-state index contributed by atoms with van der Waals surface area (Å²) in [6, 6.07) is 7.39. The number of rotatable bonds is 4. The van der Waals surface area contributed by atoms with Gasteiger partial charge in [0.05, 0.1) is 0 Å². The van der Waals surface area contributed by atoms with Gasteiger partial charge in [0.25, 0.3) is 0 Å². The Morgan fingerprint density at radius 3 is 2.67 bits per heavy atom. The molecule has 0 saturated carbocycles. The van der Waals surface area contributed by atoms with Crippen molar-refractivity contribution in [2.24, 2.45) is 0 Å². The molecular formula is C17H26N4O3. The lowest BCUT2D eigenvalue weighted by atomic mass is 10.1. The van der Waals surface area contributed by atoms with E-state index in [0.29, 0.717) is 12.2 Å². The van der Waals surface area contributed by atoms with E-state index in [1.165, 1.54) is 0 Å². The second-order valence-corrected chi connectivity index (χ2v) is 7.02. The second-order valence-electron chi connectivity index (χ2n) is 7.02. The maximum atomic E-state index is 12.2. The van der Waals surface area contributed by atoms with Gasteiger partial charge < -0.3 is 15.4 Å². The Balaban J connectivity index is 1.87. The summed E-state index contributed by atoms with van der Waals surface area (Å²) >= 11 is 0. The summed E-state index contributed by atoms with van der Waals surface area (Å²) in [6.07, 6.45) is 0.276. The molecule has 0 spiro atoms. The van der Waals surface area contributed by atoms with Gasteiger partial charge in [-0.15, -0.1) is 0 Å². The third-order valence-electron chi connectivity index (χ3n) is 3.44. The van der Waals surface area contributed by atoms with Crippen LogP contribution in [0.1, 0.15) is 39.7 Å². The van der Waals surface area contributed by atoms with Gasteiger partial charge in [-0.3, -0.25) is 10.2 Å². The Bertz CT molecular complexity index is 598. The molecule has 1 fully saturated rings. The van der Waals surface area contributed by atoms with E-state index in [1.54, 1.807) is 0 Å². The van der Waals surface area contributed by atoms with Crippen molar-refractivity contribution in [3.63, 3.8) is 0 Å². The minimum atomic E-state index is -0.528. The fraction of sp³-hybridized carbons (Fsp3) is 0.529. The van der Waals surface area contributed by atoms with Crippen molar-refractivity contribution in [3.05, 3.63) is 29.8 Å². The number of alkyl carbamates (subject to hydrolysis) is 1. The van der Waals surface area contributed by atoms with Crippen LogP contribution in [-0.2, 0) is 16.1 Å². The molecule has 24 heavy (non-hydrogen) atoms. The minimum Gasteiger partial charge on any atom is -0.444 e. The topological polar surface area (TPSA) is 91.5 Å². The van der Waals surface area contributed by atoms with Gasteiger partial charge in [0.2, 0.25) is 5.91 Å². The van der Waals surface area contributed by atoms with E-state index in [0.717, 1.165) is 12.0 Å². The maximum absolute atomic E-state index is 12.2. The Morgan fingerprint density at radius 1 is 1.29 bits per heavy atom. The summed E-state index contributed by atoms with van der Waals surface area (Å²) in [4.78, 5) is 23.9. The molecule has 2 unspecified atom stereocenters. The van der Waals surface area contributed by atoms with E-state index in [4.69, 9.17) is 4.74 Å². The molecule has 1 saturated heterocycles. The van der Waals surface area contributed by atoms with Crippen molar-refractivity contribution in [2.75, 3.05) is 5.32 Å². The molecular weight excluding hydrogens is 308 g/mol. The highest BCUT2D eigenvalue weighted by Crippen LogP contribution is 2.13. The molecule has 1 aliphatic rings. The van der Waals surface area contributed by atoms with Crippen molar-refractivity contribution < 1.29 is 14.3 Å². The lowest BCUT2D eigenvalue weighted by Crippen LogP contribution is -2.39. The van der Waals surface area contributed by atoms with Crippen LogP contribution in [0.15, 0.2) is 24.3 Å². The van der Waals surface area contributed by atoms with E-state index in [2.05, 4.69) is 21.5 Å². The van der Waals surface area contributed by atoms with Gasteiger partial charge in [-0.05, 0) is 51.8 Å². The van der Waals surface area contributed by atoms with Crippen LogP contribution in [-0.4, -0.2) is 29.7 Å². The average Bonchev–Trinajstić information content (AvgIpc) is 2.90. The van der Waals surface area contributed by atoms with Crippen LogP contribution < -0.4 is 21.5 Å². The van der Waals surface area contributed by atoms with Gasteiger partial charge >= 0.3 is 6.09 Å². The van der Waals surface area contributed by atoms with Crippen LogP contribution in [0.3, 0.4) is 0 Å². The third-order valence-corrected chi connectivity index (χ3v) is 3.44. The molecule has 2 atom stereocenters. The van der Waals surface area contributed by atoms with Gasteiger partial charge in [0.1, 0.15) is 11.6 Å². The summed E-state index contributed by atoms with van der Waals surface area (Å²) in [5.41, 5.74) is 7.04. The predicted molar refractivity (Wildman–Crippen MR) is 92.3 cm³/mol. The Labute approximate surface area is 142 Å². The minimum absolute atomic E-state index is 0.0795. The van der Waals surface area contributed by atoms with Gasteiger partial charge in [0.15, 0.2) is 0 Å². The molecule has 1 aromatic carbocycles. The Morgan fingerprint density at radius 2 is 2.04 bits per heavy atom. The quantitative estimate of drug-likeness (QED) is 0.675.